The number of imidazole rings is 1. The molecule has 4 aromatic heterocycles. The summed E-state index contributed by atoms with van der Waals surface area (Å²) in [6.07, 6.45) is -3.07. The van der Waals surface area contributed by atoms with E-state index in [-0.39, 0.29) is 84.7 Å². The number of hydrogen-bond donors (Lipinski definition) is 4. The number of ether oxygens (including phenoxy) is 3. The number of aryl methyl sites for hydroxylation is 1. The Hall–Kier alpha value is -10.5. The van der Waals surface area contributed by atoms with E-state index in [0.717, 1.165) is 22.8 Å². The van der Waals surface area contributed by atoms with Crippen LogP contribution in [0.1, 0.15) is 80.3 Å². The van der Waals surface area contributed by atoms with Crippen molar-refractivity contribution in [3.63, 3.8) is 0 Å². The van der Waals surface area contributed by atoms with Crippen LogP contribution in [0.4, 0.5) is 28.4 Å². The summed E-state index contributed by atoms with van der Waals surface area (Å²) >= 11 is 0. The second-order valence-electron chi connectivity index (χ2n) is 24.5. The van der Waals surface area contributed by atoms with Crippen LogP contribution in [0.15, 0.2) is 126 Å². The van der Waals surface area contributed by atoms with Crippen LogP contribution in [-0.2, 0) is 35.7 Å². The average molecular weight is 1290 g/mol. The van der Waals surface area contributed by atoms with Gasteiger partial charge in [0.05, 0.1) is 46.7 Å². The SMILES string of the molecule is CCNC(=O)c1nnc(-c2cc(C(C)C)c(O)cc2O)n1-c1ccc(CN2CCN(C(=O)[C@@H](Cc3ccc(OC(=O)N4CCN(c5ccc(-n6c(=O)n(C)c7cnc8ccc(-c9ccc(OC)nc9)cc8c76)cc5C(F)(F)F)CC4)cc3)NC(=O)OC(C)(C)C)CC2)cc1. The van der Waals surface area contributed by atoms with Crippen LogP contribution >= 0.6 is 0 Å². The Morgan fingerprint density at radius 2 is 1.40 bits per heavy atom. The number of pyridine rings is 2. The molecule has 1 atom stereocenters. The summed E-state index contributed by atoms with van der Waals surface area (Å²) in [4.78, 5) is 84.2. The molecule has 6 heterocycles. The predicted molar refractivity (Wildman–Crippen MR) is 346 cm³/mol. The lowest BCUT2D eigenvalue weighted by Gasteiger charge is -2.36. The maximum absolute atomic E-state index is 15.2. The molecular weight excluding hydrogens is 1220 g/mol. The van der Waals surface area contributed by atoms with Crippen molar-refractivity contribution < 1.29 is 56.8 Å². The molecule has 0 unspecified atom stereocenters. The molecule has 0 radical (unpaired) electrons. The highest BCUT2D eigenvalue weighted by molar-refractivity contribution is 6.05. The van der Waals surface area contributed by atoms with Crippen molar-refractivity contribution in [2.45, 2.75) is 78.2 Å². The number of amides is 4. The Labute approximate surface area is 538 Å². The number of halogens is 3. The molecule has 0 aliphatic carbocycles. The molecule has 0 spiro atoms. The third kappa shape index (κ3) is 13.8. The highest BCUT2D eigenvalue weighted by Crippen LogP contribution is 2.41. The number of piperazine rings is 2. The summed E-state index contributed by atoms with van der Waals surface area (Å²) in [5, 5.41) is 36.1. The van der Waals surface area contributed by atoms with E-state index in [9.17, 15) is 34.2 Å². The molecule has 2 aliphatic heterocycles. The number of phenolic OH excluding ortho intramolecular Hbond substituents is 2. The Balaban J connectivity index is 0.722. The number of phenols is 2. The second-order valence-corrected chi connectivity index (χ2v) is 24.5. The van der Waals surface area contributed by atoms with Crippen molar-refractivity contribution in [3.05, 3.63) is 160 Å². The van der Waals surface area contributed by atoms with Crippen molar-refractivity contribution in [1.82, 2.24) is 59.2 Å². The van der Waals surface area contributed by atoms with Gasteiger partial charge in [-0.05, 0) is 123 Å². The van der Waals surface area contributed by atoms with E-state index in [1.807, 2.05) is 56.3 Å². The van der Waals surface area contributed by atoms with Gasteiger partial charge in [-0.3, -0.25) is 33.2 Å². The lowest BCUT2D eigenvalue weighted by atomic mass is 9.98. The molecule has 0 saturated carbocycles. The van der Waals surface area contributed by atoms with E-state index in [2.05, 4.69) is 35.7 Å². The molecule has 26 heteroatoms. The lowest BCUT2D eigenvalue weighted by molar-refractivity contribution is -0.137. The first-order chi connectivity index (χ1) is 44.9. The maximum Gasteiger partial charge on any atom is 0.418 e. The van der Waals surface area contributed by atoms with Gasteiger partial charge >= 0.3 is 24.1 Å². The number of hydrogen-bond acceptors (Lipinski definition) is 16. The number of carbonyl (C=O) groups is 4. The summed E-state index contributed by atoms with van der Waals surface area (Å²) in [6, 6.07) is 28.7. The molecule has 94 heavy (non-hydrogen) atoms. The number of alkyl halides is 3. The number of alkyl carbamates (subject to hydrolysis) is 1. The fourth-order valence-electron chi connectivity index (χ4n) is 11.8. The first kappa shape index (κ1) is 65.0. The molecular formula is C68H72F3N13O10. The van der Waals surface area contributed by atoms with Crippen LogP contribution < -0.4 is 30.7 Å². The van der Waals surface area contributed by atoms with Crippen LogP contribution in [0, 0.1) is 0 Å². The third-order valence-electron chi connectivity index (χ3n) is 16.6. The van der Waals surface area contributed by atoms with Crippen molar-refractivity contribution in [1.29, 1.82) is 0 Å². The lowest BCUT2D eigenvalue weighted by Crippen LogP contribution is -2.55. The van der Waals surface area contributed by atoms with E-state index in [4.69, 9.17) is 14.2 Å². The number of rotatable bonds is 16. The zero-order valence-electron chi connectivity index (χ0n) is 53.2. The van der Waals surface area contributed by atoms with Gasteiger partial charge in [-0.15, -0.1) is 10.2 Å². The first-order valence-electron chi connectivity index (χ1n) is 30.8. The minimum Gasteiger partial charge on any atom is -0.508 e. The number of benzene rings is 5. The predicted octanol–water partition coefficient (Wildman–Crippen LogP) is 9.60. The minimum absolute atomic E-state index is 0.00681. The molecule has 2 aliphatic rings. The molecule has 9 aromatic rings. The molecule has 4 amide bonds. The highest BCUT2D eigenvalue weighted by atomic mass is 19.4. The van der Waals surface area contributed by atoms with Gasteiger partial charge in [-0.1, -0.05) is 44.2 Å². The van der Waals surface area contributed by atoms with Crippen LogP contribution in [0.5, 0.6) is 23.1 Å². The fourth-order valence-corrected chi connectivity index (χ4v) is 11.8. The van der Waals surface area contributed by atoms with Gasteiger partial charge in [-0.2, -0.15) is 13.2 Å². The smallest absolute Gasteiger partial charge is 0.418 e. The summed E-state index contributed by atoms with van der Waals surface area (Å²) in [5.74, 6) is -0.316. The Kier molecular flexibility index (Phi) is 18.4. The van der Waals surface area contributed by atoms with Crippen molar-refractivity contribution in [3.8, 4) is 57.0 Å². The fraction of sp³-hybridized carbons (Fsp3) is 0.338. The largest absolute Gasteiger partial charge is 0.508 e. The van der Waals surface area contributed by atoms with Crippen molar-refractivity contribution in [2.24, 2.45) is 7.05 Å². The molecule has 11 rings (SSSR count). The van der Waals surface area contributed by atoms with E-state index in [1.165, 1.54) is 45.5 Å². The van der Waals surface area contributed by atoms with Crippen LogP contribution in [0.25, 0.3) is 55.8 Å². The number of aromatic hydroxyl groups is 2. The third-order valence-corrected chi connectivity index (χ3v) is 16.6. The Morgan fingerprint density at radius 1 is 0.723 bits per heavy atom. The first-order valence-corrected chi connectivity index (χ1v) is 30.8. The van der Waals surface area contributed by atoms with E-state index >= 15 is 13.2 Å². The van der Waals surface area contributed by atoms with Crippen LogP contribution in [0.3, 0.4) is 0 Å². The van der Waals surface area contributed by atoms with Crippen molar-refractivity contribution in [2.75, 3.05) is 70.9 Å². The average Bonchev–Trinajstić information content (AvgIpc) is 1.57. The maximum atomic E-state index is 15.2. The van der Waals surface area contributed by atoms with Gasteiger partial charge in [0.1, 0.15) is 28.9 Å². The Bertz CT molecular complexity index is 4380. The van der Waals surface area contributed by atoms with Gasteiger partial charge in [0.15, 0.2) is 5.82 Å². The zero-order valence-corrected chi connectivity index (χ0v) is 53.2. The summed E-state index contributed by atoms with van der Waals surface area (Å²) in [5.41, 5.74) is 3.39. The zero-order chi connectivity index (χ0) is 66.9. The number of aromatic nitrogens is 7. The van der Waals surface area contributed by atoms with Gasteiger partial charge in [-0.25, -0.2) is 19.4 Å². The van der Waals surface area contributed by atoms with Gasteiger partial charge in [0.25, 0.3) is 5.91 Å². The monoisotopic (exact) mass is 1290 g/mol. The standard InChI is InChI=1S/C68H72F3N13O10/c1-9-72-62(87)61-77-76-60(50-35-48(40(2)3)56(85)36-57(50)86)84(61)45-16-10-42(11-17-45)39-79-24-26-81(27-25-79)63(88)53(75-64(89)94-67(4,5)6)32-41-12-19-47(20-13-41)93-66(91)82-30-28-80(29-31-82)54-22-18-46(34-51(54)68(69,70)71)83-59-49-33-43(44-15-23-58(92-8)74-37-44)14-21-52(49)73-38-55(59)78(7)65(83)90/h10-23,33-38,40,53,85-86H,9,24-32,39H2,1-8H3,(H,72,87)(H,75,89)/t53-/m1/s1. The molecule has 5 aromatic carbocycles. The second kappa shape index (κ2) is 26.6. The number of nitrogens with one attached hydrogen (secondary N) is 2. The van der Waals surface area contributed by atoms with E-state index in [0.29, 0.717) is 89.5 Å². The number of methoxy groups -OCH3 is 1. The molecule has 2 fully saturated rings. The normalized spacial score (nSPS) is 14.4. The van der Waals surface area contributed by atoms with Gasteiger partial charge < -0.3 is 49.8 Å². The molecule has 2 saturated heterocycles. The minimum atomic E-state index is -4.83. The van der Waals surface area contributed by atoms with Crippen LogP contribution in [0.2, 0.25) is 0 Å². The summed E-state index contributed by atoms with van der Waals surface area (Å²) in [6.45, 7) is 13.5. The van der Waals surface area contributed by atoms with Gasteiger partial charge in [0.2, 0.25) is 17.6 Å². The molecule has 0 bridgehead atoms. The molecule has 490 valence electrons. The summed E-state index contributed by atoms with van der Waals surface area (Å²) < 4.78 is 66.3. The topological polar surface area (TPSA) is 257 Å². The quantitative estimate of drug-likeness (QED) is 0.0702. The number of nitrogens with zero attached hydrogens (tertiary/aromatic N) is 11. The number of anilines is 1. The van der Waals surface area contributed by atoms with E-state index < -0.39 is 47.2 Å². The molecule has 23 nitrogen and oxygen atoms in total. The highest BCUT2D eigenvalue weighted by Gasteiger charge is 2.38. The number of carbonyl (C=O) groups excluding carboxylic acids is 4. The summed E-state index contributed by atoms with van der Waals surface area (Å²) in [7, 11) is 3.05. The van der Waals surface area contributed by atoms with E-state index in [1.54, 1.807) is 97.8 Å². The van der Waals surface area contributed by atoms with Crippen molar-refractivity contribution >= 4 is 51.6 Å². The number of fused-ring (bicyclic) bond motifs is 3. The van der Waals surface area contributed by atoms with Gasteiger partial charge in [0, 0.05) is 120 Å². The molecule has 4 N–H and O–H groups in total. The van der Waals surface area contributed by atoms with Crippen LogP contribution in [-0.4, -0.2) is 160 Å². The Morgan fingerprint density at radius 3 is 2.05 bits per heavy atom.